The zero-order valence-corrected chi connectivity index (χ0v) is 21.0. The summed E-state index contributed by atoms with van der Waals surface area (Å²) in [6.07, 6.45) is 5.60. The molecule has 2 aliphatic rings. The summed E-state index contributed by atoms with van der Waals surface area (Å²) in [5.41, 5.74) is -0.850. The van der Waals surface area contributed by atoms with E-state index in [-0.39, 0.29) is 29.0 Å². The number of amides is 1. The lowest BCUT2D eigenvalue weighted by molar-refractivity contribution is -0.131. The van der Waals surface area contributed by atoms with Crippen LogP contribution < -0.4 is 5.32 Å². The van der Waals surface area contributed by atoms with Crippen LogP contribution in [-0.4, -0.2) is 37.0 Å². The second-order valence-corrected chi connectivity index (χ2v) is 10.6. The average Bonchev–Trinajstić information content (AvgIpc) is 3.28. The molecule has 186 valence electrons. The summed E-state index contributed by atoms with van der Waals surface area (Å²) in [5, 5.41) is 11.1. The molecule has 7 heteroatoms. The number of rotatable bonds is 8. The minimum Gasteiger partial charge on any atom is -0.354 e. The quantitative estimate of drug-likeness (QED) is 0.469. The third-order valence-corrected chi connectivity index (χ3v) is 7.77. The molecule has 34 heavy (non-hydrogen) atoms. The van der Waals surface area contributed by atoms with Gasteiger partial charge in [-0.15, -0.1) is 0 Å². The van der Waals surface area contributed by atoms with Crippen molar-refractivity contribution in [3.8, 4) is 0 Å². The van der Waals surface area contributed by atoms with Gasteiger partial charge in [0.25, 0.3) is 0 Å². The molecule has 1 aliphatic heterocycles. The smallest absolute Gasteiger partial charge is 0.226 e. The Morgan fingerprint density at radius 2 is 2.03 bits per heavy atom. The van der Waals surface area contributed by atoms with Crippen molar-refractivity contribution in [1.82, 2.24) is 10.2 Å². The van der Waals surface area contributed by atoms with Gasteiger partial charge in [-0.25, -0.2) is 8.78 Å². The molecule has 0 radical (unpaired) electrons. The highest BCUT2D eigenvalue weighted by Gasteiger charge is 2.50. The van der Waals surface area contributed by atoms with Crippen LogP contribution in [0, 0.1) is 40.7 Å². The molecule has 1 saturated heterocycles. The van der Waals surface area contributed by atoms with Crippen LogP contribution in [-0.2, 0) is 4.79 Å². The lowest BCUT2D eigenvalue weighted by atomic mass is 9.72. The Bertz CT molecular complexity index is 940. The van der Waals surface area contributed by atoms with Gasteiger partial charge in [-0.1, -0.05) is 46.4 Å². The van der Waals surface area contributed by atoms with E-state index in [2.05, 4.69) is 54.8 Å². The van der Waals surface area contributed by atoms with Gasteiger partial charge in [-0.05, 0) is 62.1 Å². The van der Waals surface area contributed by atoms with Crippen LogP contribution in [0.3, 0.4) is 0 Å². The van der Waals surface area contributed by atoms with E-state index in [0.29, 0.717) is 30.8 Å². The molecule has 1 unspecified atom stereocenters. The Morgan fingerprint density at radius 1 is 1.35 bits per heavy atom. The number of likely N-dealkylation sites (tertiary alicyclic amines) is 1. The highest BCUT2D eigenvalue weighted by molar-refractivity contribution is 5.84. The highest BCUT2D eigenvalue weighted by atomic mass is 19.1. The first kappa shape index (κ1) is 26.2. The molecule has 1 aliphatic carbocycles. The maximum atomic E-state index is 14.7. The summed E-state index contributed by atoms with van der Waals surface area (Å²) in [7, 11) is 2.10. The monoisotopic (exact) mass is 472 g/mol. The third-order valence-electron chi connectivity index (χ3n) is 7.77. The van der Waals surface area contributed by atoms with Crippen LogP contribution in [0.5, 0.6) is 0 Å². The maximum absolute atomic E-state index is 14.7. The number of hydrogen-bond donors (Lipinski definition) is 1. The second kappa shape index (κ2) is 10.9. The largest absolute Gasteiger partial charge is 0.354 e. The molecule has 5 nitrogen and oxygen atoms in total. The van der Waals surface area contributed by atoms with Crippen molar-refractivity contribution >= 4 is 11.6 Å². The number of azo groups is 1. The van der Waals surface area contributed by atoms with Crippen molar-refractivity contribution in [3.05, 3.63) is 54.3 Å². The van der Waals surface area contributed by atoms with Crippen molar-refractivity contribution in [1.29, 1.82) is 0 Å². The first-order chi connectivity index (χ1) is 16.1. The lowest BCUT2D eigenvalue weighted by Crippen LogP contribution is -2.46. The zero-order valence-electron chi connectivity index (χ0n) is 21.0. The number of allylic oxidation sites excluding steroid dienone is 1. The van der Waals surface area contributed by atoms with E-state index in [0.717, 1.165) is 19.4 Å². The number of likely N-dealkylation sites (N-methyl/N-ethyl adjacent to an activating group) is 1. The number of benzene rings is 1. The summed E-state index contributed by atoms with van der Waals surface area (Å²) < 4.78 is 29.4. The van der Waals surface area contributed by atoms with Gasteiger partial charge in [0.2, 0.25) is 5.91 Å². The number of hydrogen-bond acceptors (Lipinski definition) is 4. The molecule has 1 amide bonds. The van der Waals surface area contributed by atoms with Crippen LogP contribution in [0.25, 0.3) is 5.70 Å². The number of carbonyl (C=O) groups is 1. The Kier molecular flexibility index (Phi) is 8.39. The van der Waals surface area contributed by atoms with Gasteiger partial charge in [-0.3, -0.25) is 4.79 Å². The standard InChI is InChI=1S/C27H38F2N4O/c1-7-31-32-24(25-22(28)9-8-10-23(25)29)14-21-20(17(2)3)11-12-27(21,5)26(34)30-15-19-13-18(4)16-33(19)6/h7-10,14,17-21H,1,11-13,15-16H2,2-6H3,(H,30,34)/b24-14-,32-31?/t18-,19+,20+,21?,27+/m1/s1. The van der Waals surface area contributed by atoms with Crippen molar-refractivity contribution in [3.63, 3.8) is 0 Å². The van der Waals surface area contributed by atoms with E-state index in [1.165, 1.54) is 24.4 Å². The molecule has 0 aromatic heterocycles. The van der Waals surface area contributed by atoms with E-state index in [1.807, 2.05) is 6.92 Å². The fourth-order valence-electron chi connectivity index (χ4n) is 5.80. The maximum Gasteiger partial charge on any atom is 0.226 e. The van der Waals surface area contributed by atoms with Crippen LogP contribution in [0.4, 0.5) is 8.78 Å². The van der Waals surface area contributed by atoms with Crippen molar-refractivity contribution in [2.24, 2.45) is 39.3 Å². The molecule has 5 atom stereocenters. The van der Waals surface area contributed by atoms with Gasteiger partial charge >= 0.3 is 0 Å². The van der Waals surface area contributed by atoms with Crippen LogP contribution >= 0.6 is 0 Å². The van der Waals surface area contributed by atoms with Gasteiger partial charge in [-0.2, -0.15) is 10.2 Å². The van der Waals surface area contributed by atoms with Crippen LogP contribution in [0.1, 0.15) is 52.5 Å². The molecule has 1 aromatic rings. The molecule has 0 spiro atoms. The number of nitrogens with zero attached hydrogens (tertiary/aromatic N) is 3. The van der Waals surface area contributed by atoms with Crippen LogP contribution in [0.2, 0.25) is 0 Å². The normalized spacial score (nSPS) is 30.4. The molecule has 0 bridgehead atoms. The van der Waals surface area contributed by atoms with Gasteiger partial charge in [0, 0.05) is 25.3 Å². The minimum atomic E-state index is -0.714. The molecular formula is C27H38F2N4O. The fourth-order valence-corrected chi connectivity index (χ4v) is 5.80. The SMILES string of the molecule is C=CN=N/C(=C\C1[C@H](C(C)C)CC[C@]1(C)C(=O)NC[C@@H]1C[C@@H](C)CN1C)c1c(F)cccc1F. The minimum absolute atomic E-state index is 0.0149. The first-order valence-electron chi connectivity index (χ1n) is 12.2. The summed E-state index contributed by atoms with van der Waals surface area (Å²) in [6.45, 7) is 13.6. The molecule has 1 heterocycles. The van der Waals surface area contributed by atoms with E-state index in [4.69, 9.17) is 0 Å². The fraction of sp³-hybridized carbons (Fsp3) is 0.593. The van der Waals surface area contributed by atoms with Crippen molar-refractivity contribution in [2.45, 2.75) is 53.0 Å². The predicted octanol–water partition coefficient (Wildman–Crippen LogP) is 6.05. The third kappa shape index (κ3) is 5.45. The van der Waals surface area contributed by atoms with E-state index in [9.17, 15) is 13.6 Å². The van der Waals surface area contributed by atoms with Gasteiger partial charge in [0.15, 0.2) is 0 Å². The van der Waals surface area contributed by atoms with Gasteiger partial charge < -0.3 is 10.2 Å². The zero-order chi connectivity index (χ0) is 25.0. The van der Waals surface area contributed by atoms with E-state index >= 15 is 0 Å². The van der Waals surface area contributed by atoms with E-state index in [1.54, 1.807) is 6.08 Å². The summed E-state index contributed by atoms with van der Waals surface area (Å²) >= 11 is 0. The number of nitrogens with one attached hydrogen (secondary N) is 1. The predicted molar refractivity (Wildman–Crippen MR) is 132 cm³/mol. The Hall–Kier alpha value is -2.41. The summed E-state index contributed by atoms with van der Waals surface area (Å²) in [5.74, 6) is -0.599. The molecule has 1 N–H and O–H groups in total. The molecule has 3 rings (SSSR count). The molecule has 1 aromatic carbocycles. The number of halogens is 2. The van der Waals surface area contributed by atoms with E-state index < -0.39 is 17.0 Å². The topological polar surface area (TPSA) is 57.1 Å². The second-order valence-electron chi connectivity index (χ2n) is 10.6. The molecule has 2 fully saturated rings. The van der Waals surface area contributed by atoms with Gasteiger partial charge in [0.1, 0.15) is 11.6 Å². The summed E-state index contributed by atoms with van der Waals surface area (Å²) in [4.78, 5) is 15.9. The van der Waals surface area contributed by atoms with Gasteiger partial charge in [0.05, 0.1) is 16.7 Å². The summed E-state index contributed by atoms with van der Waals surface area (Å²) in [6, 6.07) is 4.05. The van der Waals surface area contributed by atoms with Crippen molar-refractivity contribution in [2.75, 3.05) is 20.1 Å². The molecule has 1 saturated carbocycles. The Balaban J connectivity index is 1.96. The Labute approximate surface area is 202 Å². The molecular weight excluding hydrogens is 434 g/mol. The average molecular weight is 473 g/mol. The first-order valence-corrected chi connectivity index (χ1v) is 12.2. The highest BCUT2D eigenvalue weighted by Crippen LogP contribution is 2.51. The van der Waals surface area contributed by atoms with Crippen molar-refractivity contribution < 1.29 is 13.6 Å². The lowest BCUT2D eigenvalue weighted by Gasteiger charge is -2.33. The van der Waals surface area contributed by atoms with Crippen LogP contribution in [0.15, 0.2) is 47.3 Å². The number of carbonyl (C=O) groups excluding carboxylic acids is 1. The Morgan fingerprint density at radius 3 is 2.59 bits per heavy atom.